The summed E-state index contributed by atoms with van der Waals surface area (Å²) in [7, 11) is 2.54. The highest BCUT2D eigenvalue weighted by Gasteiger charge is 1.97. The maximum atomic E-state index is 10.9. The zero-order chi connectivity index (χ0) is 8.53. The first-order valence-electron chi connectivity index (χ1n) is 3.59. The summed E-state index contributed by atoms with van der Waals surface area (Å²) >= 11 is 1.64. The van der Waals surface area contributed by atoms with E-state index in [0.717, 1.165) is 18.7 Å². The zero-order valence-corrected chi connectivity index (χ0v) is 8.48. The Balaban J connectivity index is 3.09. The molecule has 0 saturated carbocycles. The summed E-state index contributed by atoms with van der Waals surface area (Å²) in [5.41, 5.74) is 5.24. The lowest BCUT2D eigenvalue weighted by molar-refractivity contribution is -0.121. The van der Waals surface area contributed by atoms with Gasteiger partial charge in [-0.15, -0.1) is 11.4 Å². The van der Waals surface area contributed by atoms with Crippen LogP contribution in [0, 0.1) is 0 Å². The molecule has 0 bridgehead atoms. The maximum absolute atomic E-state index is 10.9. The predicted molar refractivity (Wildman–Crippen MR) is 53.5 cm³/mol. The van der Waals surface area contributed by atoms with E-state index in [9.17, 15) is 4.79 Å². The number of rotatable bonds is 6. The lowest BCUT2D eigenvalue weighted by Gasteiger charge is -2.01. The summed E-state index contributed by atoms with van der Waals surface area (Å²) in [6, 6.07) is 0. The minimum Gasteiger partial charge on any atom is -0.355 e. The van der Waals surface area contributed by atoms with Crippen LogP contribution in [0.5, 0.6) is 0 Å². The minimum atomic E-state index is 0.106. The molecule has 1 amide bonds. The van der Waals surface area contributed by atoms with Crippen LogP contribution in [0.4, 0.5) is 0 Å². The molecule has 0 aliphatic heterocycles. The minimum absolute atomic E-state index is 0.106. The van der Waals surface area contributed by atoms with Crippen molar-refractivity contribution in [3.63, 3.8) is 0 Å². The molecular formula is C6H15N2OPS. The molecule has 0 aromatic heterocycles. The molecule has 0 aromatic carbocycles. The third-order valence-electron chi connectivity index (χ3n) is 1.15. The van der Waals surface area contributed by atoms with E-state index in [-0.39, 0.29) is 5.91 Å². The third kappa shape index (κ3) is 8.11. The van der Waals surface area contributed by atoms with Gasteiger partial charge in [-0.2, -0.15) is 0 Å². The van der Waals surface area contributed by atoms with Crippen LogP contribution in [0.2, 0.25) is 0 Å². The number of nitrogens with one attached hydrogen (secondary N) is 1. The molecule has 3 nitrogen and oxygen atoms in total. The van der Waals surface area contributed by atoms with E-state index in [1.807, 2.05) is 0 Å². The molecule has 0 fully saturated rings. The first-order valence-corrected chi connectivity index (χ1v) is 6.06. The average molecular weight is 194 g/mol. The first kappa shape index (κ1) is 11.2. The third-order valence-corrected chi connectivity index (χ3v) is 2.30. The van der Waals surface area contributed by atoms with E-state index in [1.54, 1.807) is 11.4 Å². The summed E-state index contributed by atoms with van der Waals surface area (Å²) in [4.78, 5) is 10.9. The van der Waals surface area contributed by atoms with Crippen molar-refractivity contribution in [3.8, 4) is 0 Å². The molecule has 66 valence electrons. The highest BCUT2D eigenvalue weighted by Crippen LogP contribution is 2.07. The van der Waals surface area contributed by atoms with Crippen molar-refractivity contribution in [1.82, 2.24) is 5.32 Å². The molecule has 0 aliphatic carbocycles. The van der Waals surface area contributed by atoms with E-state index in [1.165, 1.54) is 0 Å². The van der Waals surface area contributed by atoms with Gasteiger partial charge in [0.15, 0.2) is 0 Å². The largest absolute Gasteiger partial charge is 0.355 e. The van der Waals surface area contributed by atoms with Crippen LogP contribution < -0.4 is 11.1 Å². The fraction of sp³-hybridized carbons (Fsp3) is 0.833. The van der Waals surface area contributed by atoms with E-state index >= 15 is 0 Å². The van der Waals surface area contributed by atoms with Gasteiger partial charge in [-0.25, -0.2) is 0 Å². The van der Waals surface area contributed by atoms with Crippen LogP contribution in [-0.2, 0) is 4.79 Å². The lowest BCUT2D eigenvalue weighted by Crippen LogP contribution is -2.25. The van der Waals surface area contributed by atoms with Gasteiger partial charge in [0.1, 0.15) is 0 Å². The van der Waals surface area contributed by atoms with Gasteiger partial charge >= 0.3 is 0 Å². The molecule has 0 aromatic rings. The molecule has 1 unspecified atom stereocenters. The monoisotopic (exact) mass is 194 g/mol. The standard InChI is InChI=1S/C6H15N2OPS/c7-3-1-2-6(9)8-4-5-11-10/h1-5,7,10H2,(H,8,9). The highest BCUT2D eigenvalue weighted by atomic mass is 32.7. The van der Waals surface area contributed by atoms with Crippen LogP contribution >= 0.6 is 19.8 Å². The van der Waals surface area contributed by atoms with Gasteiger partial charge in [-0.3, -0.25) is 4.79 Å². The van der Waals surface area contributed by atoms with Gasteiger partial charge in [0.25, 0.3) is 0 Å². The molecule has 11 heavy (non-hydrogen) atoms. The molecule has 0 rings (SSSR count). The first-order chi connectivity index (χ1) is 5.31. The number of nitrogens with two attached hydrogens (primary N) is 1. The summed E-state index contributed by atoms with van der Waals surface area (Å²) in [6.45, 7) is 1.34. The molecule has 0 saturated heterocycles. The lowest BCUT2D eigenvalue weighted by atomic mass is 10.3. The van der Waals surface area contributed by atoms with Crippen molar-refractivity contribution in [1.29, 1.82) is 0 Å². The van der Waals surface area contributed by atoms with Crippen molar-refractivity contribution in [2.45, 2.75) is 12.8 Å². The van der Waals surface area contributed by atoms with Crippen LogP contribution in [0.15, 0.2) is 0 Å². The Hall–Kier alpha value is 0.210. The Bertz CT molecular complexity index is 113. The SMILES string of the molecule is NCCCC(=O)NCCSP. The van der Waals surface area contributed by atoms with Gasteiger partial charge in [0.2, 0.25) is 5.91 Å². The fourth-order valence-corrected chi connectivity index (χ4v) is 1.17. The van der Waals surface area contributed by atoms with Crippen LogP contribution in [-0.4, -0.2) is 24.7 Å². The summed E-state index contributed by atoms with van der Waals surface area (Å²) in [6.07, 6.45) is 1.33. The van der Waals surface area contributed by atoms with Crippen molar-refractivity contribution < 1.29 is 4.79 Å². The second-order valence-electron chi connectivity index (χ2n) is 2.11. The van der Waals surface area contributed by atoms with Crippen molar-refractivity contribution in [2.75, 3.05) is 18.8 Å². The Kier molecular flexibility index (Phi) is 8.47. The van der Waals surface area contributed by atoms with Crippen molar-refractivity contribution in [3.05, 3.63) is 0 Å². The quantitative estimate of drug-likeness (QED) is 0.474. The number of hydrogen-bond acceptors (Lipinski definition) is 3. The smallest absolute Gasteiger partial charge is 0.220 e. The number of amides is 1. The van der Waals surface area contributed by atoms with Gasteiger partial charge in [-0.1, -0.05) is 8.44 Å². The molecular weight excluding hydrogens is 179 g/mol. The van der Waals surface area contributed by atoms with Crippen molar-refractivity contribution in [2.24, 2.45) is 5.73 Å². The molecule has 0 aliphatic rings. The van der Waals surface area contributed by atoms with E-state index < -0.39 is 0 Å². The Morgan fingerprint density at radius 1 is 1.64 bits per heavy atom. The van der Waals surface area contributed by atoms with Gasteiger partial charge < -0.3 is 11.1 Å². The average Bonchev–Trinajstić information content (AvgIpc) is 2.01. The number of hydrogen-bond donors (Lipinski definition) is 2. The molecule has 3 N–H and O–H groups in total. The van der Waals surface area contributed by atoms with E-state index in [0.29, 0.717) is 13.0 Å². The molecule has 1 atom stereocenters. The van der Waals surface area contributed by atoms with Gasteiger partial charge in [0.05, 0.1) is 0 Å². The fourth-order valence-electron chi connectivity index (χ4n) is 0.600. The second-order valence-corrected chi connectivity index (χ2v) is 3.85. The molecule has 0 spiro atoms. The van der Waals surface area contributed by atoms with Crippen LogP contribution in [0.25, 0.3) is 0 Å². The Labute approximate surface area is 73.8 Å². The van der Waals surface area contributed by atoms with Crippen molar-refractivity contribution >= 4 is 25.7 Å². The molecule has 0 radical (unpaired) electrons. The second kappa shape index (κ2) is 8.31. The molecule has 0 heterocycles. The number of carbonyl (C=O) groups is 1. The van der Waals surface area contributed by atoms with E-state index in [2.05, 4.69) is 13.8 Å². The highest BCUT2D eigenvalue weighted by molar-refractivity contribution is 8.43. The topological polar surface area (TPSA) is 55.1 Å². The van der Waals surface area contributed by atoms with Crippen LogP contribution in [0.3, 0.4) is 0 Å². The predicted octanol–water partition coefficient (Wildman–Crippen LogP) is 0.365. The van der Waals surface area contributed by atoms with Crippen LogP contribution in [0.1, 0.15) is 12.8 Å². The molecule has 5 heteroatoms. The summed E-state index contributed by atoms with van der Waals surface area (Å²) in [5, 5.41) is 2.79. The Morgan fingerprint density at radius 3 is 2.91 bits per heavy atom. The van der Waals surface area contributed by atoms with E-state index in [4.69, 9.17) is 5.73 Å². The van der Waals surface area contributed by atoms with Gasteiger partial charge in [-0.05, 0) is 13.0 Å². The Morgan fingerprint density at radius 2 is 2.36 bits per heavy atom. The summed E-state index contributed by atoms with van der Waals surface area (Å²) < 4.78 is 0. The normalized spacial score (nSPS) is 9.64. The van der Waals surface area contributed by atoms with Gasteiger partial charge in [0, 0.05) is 18.7 Å². The maximum Gasteiger partial charge on any atom is 0.220 e. The zero-order valence-electron chi connectivity index (χ0n) is 6.51. The number of carbonyl (C=O) groups excluding carboxylic acids is 1. The summed E-state index contributed by atoms with van der Waals surface area (Å²) in [5.74, 6) is 1.05.